The van der Waals surface area contributed by atoms with Gasteiger partial charge in [0.25, 0.3) is 0 Å². The Morgan fingerprint density at radius 1 is 1.25 bits per heavy atom. The van der Waals surface area contributed by atoms with E-state index in [0.29, 0.717) is 22.9 Å². The van der Waals surface area contributed by atoms with Gasteiger partial charge in [0, 0.05) is 11.8 Å². The van der Waals surface area contributed by atoms with Crippen LogP contribution < -0.4 is 20.1 Å². The molecule has 1 aliphatic rings. The first-order valence-corrected chi connectivity index (χ1v) is 7.19. The average molecular weight is 333 g/mol. The Bertz CT molecular complexity index is 786. The summed E-state index contributed by atoms with van der Waals surface area (Å²) >= 11 is 0. The second-order valence-corrected chi connectivity index (χ2v) is 4.84. The van der Waals surface area contributed by atoms with Crippen LogP contribution in [0.5, 0.6) is 11.5 Å². The lowest BCUT2D eigenvalue weighted by atomic mass is 10.2. The highest BCUT2D eigenvalue weighted by atomic mass is 16.7. The number of aryl methyl sites for hydroxylation is 1. The second-order valence-electron chi connectivity index (χ2n) is 4.84. The minimum atomic E-state index is -0.616. The van der Waals surface area contributed by atoms with Crippen LogP contribution >= 0.6 is 0 Å². The summed E-state index contributed by atoms with van der Waals surface area (Å²) in [7, 11) is 0. The molecule has 0 aliphatic carbocycles. The normalized spacial score (nSPS) is 11.9. The predicted molar refractivity (Wildman–Crippen MR) is 82.4 cm³/mol. The van der Waals surface area contributed by atoms with Crippen molar-refractivity contribution in [1.29, 1.82) is 0 Å². The molecule has 2 heterocycles. The SMILES string of the molecule is CCOC(=O)c1c(C)noc1NC(=O)Nc1ccc2c(c1)OCO2. The number of carbonyl (C=O) groups is 2. The molecule has 2 N–H and O–H groups in total. The van der Waals surface area contributed by atoms with E-state index in [0.717, 1.165) is 0 Å². The molecule has 9 nitrogen and oxygen atoms in total. The van der Waals surface area contributed by atoms with Crippen LogP contribution in [0, 0.1) is 6.92 Å². The molecule has 0 spiro atoms. The number of benzene rings is 1. The molecule has 1 aliphatic heterocycles. The monoisotopic (exact) mass is 333 g/mol. The van der Waals surface area contributed by atoms with Crippen molar-refractivity contribution in [1.82, 2.24) is 5.16 Å². The molecule has 9 heteroatoms. The summed E-state index contributed by atoms with van der Waals surface area (Å²) in [6, 6.07) is 4.36. The van der Waals surface area contributed by atoms with E-state index in [2.05, 4.69) is 15.8 Å². The fraction of sp³-hybridized carbons (Fsp3) is 0.267. The van der Waals surface area contributed by atoms with Gasteiger partial charge in [-0.2, -0.15) is 0 Å². The third kappa shape index (κ3) is 3.09. The minimum Gasteiger partial charge on any atom is -0.462 e. The van der Waals surface area contributed by atoms with E-state index in [-0.39, 0.29) is 24.8 Å². The quantitative estimate of drug-likeness (QED) is 0.827. The minimum absolute atomic E-state index is 0.0795. The van der Waals surface area contributed by atoms with Crippen LogP contribution in [0.3, 0.4) is 0 Å². The van der Waals surface area contributed by atoms with E-state index in [1.165, 1.54) is 0 Å². The lowest BCUT2D eigenvalue weighted by Crippen LogP contribution is -2.21. The van der Waals surface area contributed by atoms with Gasteiger partial charge >= 0.3 is 12.0 Å². The Labute approximate surface area is 136 Å². The lowest BCUT2D eigenvalue weighted by Gasteiger charge is -2.07. The zero-order chi connectivity index (χ0) is 17.1. The Balaban J connectivity index is 1.70. The van der Waals surface area contributed by atoms with Gasteiger partial charge in [0.2, 0.25) is 12.7 Å². The zero-order valence-electron chi connectivity index (χ0n) is 13.0. The molecule has 0 saturated carbocycles. The third-order valence-electron chi connectivity index (χ3n) is 3.20. The Morgan fingerprint density at radius 2 is 2.04 bits per heavy atom. The standard InChI is InChI=1S/C15H15N3O6/c1-3-21-14(19)12-8(2)18-24-13(12)17-15(20)16-9-4-5-10-11(6-9)23-7-22-10/h4-6H,3,7H2,1-2H3,(H2,16,17,20). The van der Waals surface area contributed by atoms with Gasteiger partial charge in [-0.25, -0.2) is 9.59 Å². The molecule has 0 fully saturated rings. The van der Waals surface area contributed by atoms with Crippen LogP contribution in [0.1, 0.15) is 23.0 Å². The van der Waals surface area contributed by atoms with E-state index in [1.807, 2.05) is 0 Å². The van der Waals surface area contributed by atoms with E-state index >= 15 is 0 Å². The fourth-order valence-corrected chi connectivity index (χ4v) is 2.14. The molecule has 126 valence electrons. The Hall–Kier alpha value is -3.23. The number of carbonyl (C=O) groups excluding carboxylic acids is 2. The first kappa shape index (κ1) is 15.7. The van der Waals surface area contributed by atoms with Gasteiger partial charge in [-0.15, -0.1) is 0 Å². The molecule has 2 amide bonds. The van der Waals surface area contributed by atoms with Crippen molar-refractivity contribution in [2.45, 2.75) is 13.8 Å². The number of fused-ring (bicyclic) bond motifs is 1. The number of ether oxygens (including phenoxy) is 3. The molecule has 0 atom stereocenters. The highest BCUT2D eigenvalue weighted by Crippen LogP contribution is 2.34. The molecule has 2 aromatic rings. The van der Waals surface area contributed by atoms with Gasteiger partial charge < -0.3 is 24.1 Å². The Morgan fingerprint density at radius 3 is 2.83 bits per heavy atom. The summed E-state index contributed by atoms with van der Waals surface area (Å²) in [4.78, 5) is 24.0. The van der Waals surface area contributed by atoms with Crippen LogP contribution in [-0.2, 0) is 4.74 Å². The molecular weight excluding hydrogens is 318 g/mol. The first-order valence-electron chi connectivity index (χ1n) is 7.19. The molecule has 1 aromatic carbocycles. The van der Waals surface area contributed by atoms with Crippen molar-refractivity contribution in [3.05, 3.63) is 29.5 Å². The van der Waals surface area contributed by atoms with Crippen LogP contribution in [0.4, 0.5) is 16.4 Å². The number of nitrogens with one attached hydrogen (secondary N) is 2. The van der Waals surface area contributed by atoms with E-state index in [9.17, 15) is 9.59 Å². The molecule has 3 rings (SSSR count). The van der Waals surface area contributed by atoms with E-state index in [1.54, 1.807) is 32.0 Å². The highest BCUT2D eigenvalue weighted by Gasteiger charge is 2.23. The summed E-state index contributed by atoms with van der Waals surface area (Å²) in [6.45, 7) is 3.61. The number of amides is 2. The molecule has 0 radical (unpaired) electrons. The molecule has 0 bridgehead atoms. The molecule has 24 heavy (non-hydrogen) atoms. The van der Waals surface area contributed by atoms with Crippen molar-refractivity contribution in [2.75, 3.05) is 24.0 Å². The molecule has 1 aromatic heterocycles. The second kappa shape index (κ2) is 6.49. The molecule has 0 unspecified atom stereocenters. The van der Waals surface area contributed by atoms with Crippen molar-refractivity contribution < 1.29 is 28.3 Å². The van der Waals surface area contributed by atoms with Gasteiger partial charge in [-0.05, 0) is 26.0 Å². The summed E-state index contributed by atoms with van der Waals surface area (Å²) in [5.74, 6) is 0.450. The number of hydrogen-bond donors (Lipinski definition) is 2. The average Bonchev–Trinajstić information content (AvgIpc) is 3.13. The Kier molecular flexibility index (Phi) is 4.23. The van der Waals surface area contributed by atoms with Crippen molar-refractivity contribution >= 4 is 23.6 Å². The smallest absolute Gasteiger partial charge is 0.345 e. The van der Waals surface area contributed by atoms with Crippen LogP contribution in [0.2, 0.25) is 0 Å². The van der Waals surface area contributed by atoms with E-state index < -0.39 is 12.0 Å². The van der Waals surface area contributed by atoms with Crippen LogP contribution in [-0.4, -0.2) is 30.6 Å². The maximum Gasteiger partial charge on any atom is 0.345 e. The van der Waals surface area contributed by atoms with Crippen LogP contribution in [0.25, 0.3) is 0 Å². The number of anilines is 2. The number of nitrogens with zero attached hydrogens (tertiary/aromatic N) is 1. The summed E-state index contributed by atoms with van der Waals surface area (Å²) in [6.07, 6.45) is 0. The van der Waals surface area contributed by atoms with Gasteiger partial charge in [-0.1, -0.05) is 5.16 Å². The van der Waals surface area contributed by atoms with Gasteiger partial charge in [0.15, 0.2) is 11.5 Å². The molecule has 0 saturated heterocycles. The number of hydrogen-bond acceptors (Lipinski definition) is 7. The number of esters is 1. The van der Waals surface area contributed by atoms with Crippen molar-refractivity contribution in [2.24, 2.45) is 0 Å². The maximum atomic E-state index is 12.1. The number of aromatic nitrogens is 1. The van der Waals surface area contributed by atoms with Crippen molar-refractivity contribution in [3.8, 4) is 11.5 Å². The van der Waals surface area contributed by atoms with Gasteiger partial charge in [0.05, 0.1) is 12.3 Å². The molecular formula is C15H15N3O6. The van der Waals surface area contributed by atoms with E-state index in [4.69, 9.17) is 18.7 Å². The fourth-order valence-electron chi connectivity index (χ4n) is 2.14. The summed E-state index contributed by atoms with van der Waals surface area (Å²) in [5, 5.41) is 8.71. The number of urea groups is 1. The van der Waals surface area contributed by atoms with Gasteiger partial charge in [0.1, 0.15) is 5.56 Å². The largest absolute Gasteiger partial charge is 0.462 e. The maximum absolute atomic E-state index is 12.1. The summed E-state index contributed by atoms with van der Waals surface area (Å²) < 4.78 is 20.3. The highest BCUT2D eigenvalue weighted by molar-refractivity contribution is 6.04. The first-order chi connectivity index (χ1) is 11.6. The van der Waals surface area contributed by atoms with Crippen molar-refractivity contribution in [3.63, 3.8) is 0 Å². The summed E-state index contributed by atoms with van der Waals surface area (Å²) in [5.41, 5.74) is 0.898. The third-order valence-corrected chi connectivity index (χ3v) is 3.20. The zero-order valence-corrected chi connectivity index (χ0v) is 13.0. The predicted octanol–water partition coefficient (Wildman–Crippen LogP) is 2.53. The van der Waals surface area contributed by atoms with Gasteiger partial charge in [-0.3, -0.25) is 5.32 Å². The van der Waals surface area contributed by atoms with Crippen LogP contribution in [0.15, 0.2) is 22.7 Å². The lowest BCUT2D eigenvalue weighted by molar-refractivity contribution is 0.0526. The topological polar surface area (TPSA) is 112 Å². The number of rotatable bonds is 4.